The molecule has 7 heteroatoms. The average molecular weight is 296 g/mol. The Labute approximate surface area is 123 Å². The Hall–Kier alpha value is -1.92. The van der Waals surface area contributed by atoms with Gasteiger partial charge in [0, 0.05) is 10.8 Å². The molecule has 6 nitrogen and oxygen atoms in total. The minimum atomic E-state index is -0.567. The van der Waals surface area contributed by atoms with Crippen LogP contribution in [0.2, 0.25) is 0 Å². The van der Waals surface area contributed by atoms with Gasteiger partial charge >= 0.3 is 0 Å². The molecule has 0 aliphatic heterocycles. The van der Waals surface area contributed by atoms with E-state index in [1.807, 2.05) is 44.2 Å². The highest BCUT2D eigenvalue weighted by atomic mass is 35.5. The molecule has 2 rings (SSSR count). The summed E-state index contributed by atoms with van der Waals surface area (Å²) < 4.78 is 0. The molecule has 1 heterocycles. The third-order valence-electron chi connectivity index (χ3n) is 2.47. The molecule has 0 aliphatic carbocycles. The highest BCUT2D eigenvalue weighted by Crippen LogP contribution is 2.10. The Morgan fingerprint density at radius 3 is 2.70 bits per heavy atom. The maximum Gasteiger partial charge on any atom is 0.289 e. The van der Waals surface area contributed by atoms with Crippen molar-refractivity contribution in [1.29, 1.82) is 0 Å². The molecule has 1 aromatic carbocycles. The maximum absolute atomic E-state index is 9.20. The number of aliphatic hydroxyl groups is 1. The number of hydrogen-bond acceptors (Lipinski definition) is 4. The minimum Gasteiger partial charge on any atom is -1.00 e. The molecule has 2 aromatic rings. The first-order chi connectivity index (χ1) is 9.09. The van der Waals surface area contributed by atoms with Crippen molar-refractivity contribution in [3.05, 3.63) is 42.1 Å². The van der Waals surface area contributed by atoms with E-state index in [2.05, 4.69) is 25.5 Å². The summed E-state index contributed by atoms with van der Waals surface area (Å²) >= 11 is 0. The first kappa shape index (κ1) is 16.1. The van der Waals surface area contributed by atoms with Crippen molar-refractivity contribution in [2.45, 2.75) is 19.4 Å². The van der Waals surface area contributed by atoms with E-state index in [0.29, 0.717) is 5.62 Å². The molecule has 0 unspecified atom stereocenters. The van der Waals surface area contributed by atoms with Crippen LogP contribution >= 0.6 is 0 Å². The van der Waals surface area contributed by atoms with Crippen LogP contribution in [0.5, 0.6) is 0 Å². The number of rotatable bonds is 4. The second kappa shape index (κ2) is 7.02. The number of nitrogens with one attached hydrogen (secondary N) is 3. The van der Waals surface area contributed by atoms with E-state index >= 15 is 0 Å². The second-order valence-corrected chi connectivity index (χ2v) is 4.82. The van der Waals surface area contributed by atoms with Gasteiger partial charge in [0.2, 0.25) is 6.20 Å². The zero-order valence-electron chi connectivity index (χ0n) is 11.4. The number of aliphatic hydroxyl groups excluding tert-OH is 1. The molecule has 4 N–H and O–H groups in total. The Morgan fingerprint density at radius 2 is 2.05 bits per heavy atom. The van der Waals surface area contributed by atoms with Crippen LogP contribution in [0.1, 0.15) is 13.8 Å². The summed E-state index contributed by atoms with van der Waals surface area (Å²) in [6.07, 6.45) is 1.71. The number of para-hydroxylation sites is 1. The van der Waals surface area contributed by atoms with Crippen LogP contribution in [-0.4, -0.2) is 27.3 Å². The molecule has 20 heavy (non-hydrogen) atoms. The van der Waals surface area contributed by atoms with Crippen LogP contribution in [0, 0.1) is 0 Å². The fourth-order valence-electron chi connectivity index (χ4n) is 1.46. The lowest BCUT2D eigenvalue weighted by molar-refractivity contribution is -0.458. The fourth-order valence-corrected chi connectivity index (χ4v) is 1.46. The summed E-state index contributed by atoms with van der Waals surface area (Å²) in [6, 6.07) is 9.78. The van der Waals surface area contributed by atoms with Gasteiger partial charge in [0.25, 0.3) is 5.62 Å². The highest BCUT2D eigenvalue weighted by Gasteiger charge is 2.14. The van der Waals surface area contributed by atoms with E-state index in [1.165, 1.54) is 0 Å². The molecular formula is C13H18ClN5O. The number of hydrogen-bond donors (Lipinski definition) is 3. The van der Waals surface area contributed by atoms with Crippen molar-refractivity contribution >= 4 is 11.5 Å². The molecule has 0 spiro atoms. The largest absolute Gasteiger partial charge is 1.00 e. The van der Waals surface area contributed by atoms with Crippen molar-refractivity contribution < 1.29 is 22.6 Å². The number of halogens is 1. The van der Waals surface area contributed by atoms with Crippen molar-refractivity contribution in [3.63, 3.8) is 0 Å². The lowest BCUT2D eigenvalue weighted by atomic mass is 10.1. The van der Waals surface area contributed by atoms with Gasteiger partial charge in [0.1, 0.15) is 0 Å². The average Bonchev–Trinajstić information content (AvgIpc) is 2.40. The molecule has 0 radical (unpaired) electrons. The quantitative estimate of drug-likeness (QED) is 0.590. The fraction of sp³-hybridized carbons (Fsp3) is 0.308. The van der Waals surface area contributed by atoms with Crippen molar-refractivity contribution in [3.8, 4) is 0 Å². The van der Waals surface area contributed by atoms with Crippen LogP contribution in [-0.2, 0) is 0 Å². The van der Waals surface area contributed by atoms with Gasteiger partial charge < -0.3 is 27.8 Å². The number of nitrogens with zero attached hydrogens (tertiary/aromatic N) is 2. The number of benzene rings is 1. The summed E-state index contributed by atoms with van der Waals surface area (Å²) in [7, 11) is 0. The van der Waals surface area contributed by atoms with Crippen molar-refractivity contribution in [2.24, 2.45) is 4.99 Å². The third-order valence-corrected chi connectivity index (χ3v) is 2.47. The van der Waals surface area contributed by atoms with Gasteiger partial charge in [-0.3, -0.25) is 0 Å². The summed E-state index contributed by atoms with van der Waals surface area (Å²) in [5, 5.41) is 19.2. The van der Waals surface area contributed by atoms with E-state index in [4.69, 9.17) is 0 Å². The van der Waals surface area contributed by atoms with E-state index < -0.39 is 5.54 Å². The topological polar surface area (TPSA) is 87.4 Å². The zero-order chi connectivity index (χ0) is 13.7. The molecule has 0 amide bonds. The molecule has 0 saturated carbocycles. The predicted octanol–water partition coefficient (Wildman–Crippen LogP) is -2.36. The minimum absolute atomic E-state index is 0. The van der Waals surface area contributed by atoms with E-state index in [1.54, 1.807) is 6.20 Å². The van der Waals surface area contributed by atoms with Gasteiger partial charge in [-0.05, 0) is 26.0 Å². The molecule has 1 aromatic heterocycles. The van der Waals surface area contributed by atoms with Gasteiger partial charge in [-0.2, -0.15) is 0 Å². The van der Waals surface area contributed by atoms with Gasteiger partial charge in [0.15, 0.2) is 5.82 Å². The summed E-state index contributed by atoms with van der Waals surface area (Å²) in [4.78, 5) is 7.38. The Kier molecular flexibility index (Phi) is 5.66. The van der Waals surface area contributed by atoms with Crippen molar-refractivity contribution in [1.82, 2.24) is 10.1 Å². The van der Waals surface area contributed by atoms with Gasteiger partial charge in [-0.1, -0.05) is 23.3 Å². The monoisotopic (exact) mass is 295 g/mol. The maximum atomic E-state index is 9.20. The predicted molar refractivity (Wildman–Crippen MR) is 71.6 cm³/mol. The van der Waals surface area contributed by atoms with Crippen LogP contribution in [0.3, 0.4) is 0 Å². The van der Waals surface area contributed by atoms with E-state index in [0.717, 1.165) is 11.5 Å². The molecular weight excluding hydrogens is 278 g/mol. The number of aromatic amines is 2. The Balaban J connectivity index is 0.00000200. The normalized spacial score (nSPS) is 11.8. The number of aromatic nitrogens is 3. The smallest absolute Gasteiger partial charge is 0.289 e. The van der Waals surface area contributed by atoms with Gasteiger partial charge in [-0.25, -0.2) is 4.99 Å². The van der Waals surface area contributed by atoms with Crippen molar-refractivity contribution in [2.75, 3.05) is 11.9 Å². The third kappa shape index (κ3) is 4.64. The number of anilines is 2. The molecule has 108 valence electrons. The molecule has 0 aliphatic rings. The molecule has 0 atom stereocenters. The van der Waals surface area contributed by atoms with Gasteiger partial charge in [0.05, 0.1) is 12.1 Å². The van der Waals surface area contributed by atoms with Crippen LogP contribution < -0.4 is 28.4 Å². The highest BCUT2D eigenvalue weighted by molar-refractivity contribution is 5.53. The lowest BCUT2D eigenvalue weighted by Gasteiger charge is -2.13. The summed E-state index contributed by atoms with van der Waals surface area (Å²) in [6.45, 7) is 3.62. The number of H-pyrrole nitrogens is 2. The second-order valence-electron chi connectivity index (χ2n) is 4.82. The summed E-state index contributed by atoms with van der Waals surface area (Å²) in [5.74, 6) is 0.744. The molecule has 0 bridgehead atoms. The standard InChI is InChI=1S/C13H17N5O.ClH/c1-13(2,9-19)17-12-16-11(8-14-18-12)15-10-6-4-3-5-7-10;/h3-8,19H,9H2,1-2H3,(H2,15,16,17,18);1H. The molecule has 0 saturated heterocycles. The van der Waals surface area contributed by atoms with Crippen LogP contribution in [0.4, 0.5) is 11.5 Å². The van der Waals surface area contributed by atoms with Crippen LogP contribution in [0.25, 0.3) is 0 Å². The Morgan fingerprint density at radius 1 is 1.35 bits per heavy atom. The molecule has 0 fully saturated rings. The first-order valence-corrected chi connectivity index (χ1v) is 6.05. The summed E-state index contributed by atoms with van der Waals surface area (Å²) in [5.41, 5.74) is 0.827. The van der Waals surface area contributed by atoms with E-state index in [9.17, 15) is 5.11 Å². The SMILES string of the molecule is CC(C)(CO)N=c1n[nH+]cc(Nc2ccccc2)[nH]1.[Cl-]. The van der Waals surface area contributed by atoms with E-state index in [-0.39, 0.29) is 19.0 Å². The lowest BCUT2D eigenvalue weighted by Crippen LogP contribution is -3.00. The Bertz CT molecular complexity index is 597. The van der Waals surface area contributed by atoms with Gasteiger partial charge in [-0.15, -0.1) is 0 Å². The zero-order valence-corrected chi connectivity index (χ0v) is 12.1. The van der Waals surface area contributed by atoms with Crippen LogP contribution in [0.15, 0.2) is 41.5 Å². The first-order valence-electron chi connectivity index (χ1n) is 6.05.